The standard InChI is InChI=1S/C15H29N3O/c1-4-17(5-2)15(19)11-18-13-7-6-8-14(18)10-12(9-13)16-3/h12-14,16H,4-11H2,1-3H3. The van der Waals surface area contributed by atoms with Crippen molar-refractivity contribution >= 4 is 5.91 Å². The Morgan fingerprint density at radius 2 is 1.79 bits per heavy atom. The molecule has 1 amide bonds. The van der Waals surface area contributed by atoms with E-state index in [9.17, 15) is 4.79 Å². The van der Waals surface area contributed by atoms with Gasteiger partial charge in [0.2, 0.25) is 5.91 Å². The summed E-state index contributed by atoms with van der Waals surface area (Å²) >= 11 is 0. The molecule has 2 atom stereocenters. The largest absolute Gasteiger partial charge is 0.342 e. The second kappa shape index (κ2) is 6.71. The van der Waals surface area contributed by atoms with E-state index in [0.29, 0.717) is 30.6 Å². The summed E-state index contributed by atoms with van der Waals surface area (Å²) < 4.78 is 0. The Hall–Kier alpha value is -0.610. The summed E-state index contributed by atoms with van der Waals surface area (Å²) in [5, 5.41) is 3.43. The van der Waals surface area contributed by atoms with E-state index in [1.54, 1.807) is 0 Å². The smallest absolute Gasteiger partial charge is 0.236 e. The molecule has 2 unspecified atom stereocenters. The molecule has 2 saturated heterocycles. The summed E-state index contributed by atoms with van der Waals surface area (Å²) in [4.78, 5) is 16.8. The Morgan fingerprint density at radius 3 is 2.26 bits per heavy atom. The van der Waals surface area contributed by atoms with Gasteiger partial charge in [0.05, 0.1) is 6.54 Å². The van der Waals surface area contributed by atoms with Crippen LogP contribution in [0, 0.1) is 0 Å². The molecule has 2 heterocycles. The molecule has 0 saturated carbocycles. The van der Waals surface area contributed by atoms with Crippen molar-refractivity contribution in [3.05, 3.63) is 0 Å². The first-order valence-corrected chi connectivity index (χ1v) is 7.90. The third-order valence-corrected chi connectivity index (χ3v) is 4.97. The van der Waals surface area contributed by atoms with Crippen LogP contribution in [0.3, 0.4) is 0 Å². The lowest BCUT2D eigenvalue weighted by Gasteiger charge is -2.49. The molecular formula is C15H29N3O. The molecule has 0 spiro atoms. The van der Waals surface area contributed by atoms with Gasteiger partial charge in [-0.25, -0.2) is 0 Å². The third-order valence-electron chi connectivity index (χ3n) is 4.97. The Bertz CT molecular complexity index is 290. The van der Waals surface area contributed by atoms with Crippen LogP contribution in [0.15, 0.2) is 0 Å². The fourth-order valence-corrected chi connectivity index (χ4v) is 3.80. The fraction of sp³-hybridized carbons (Fsp3) is 0.933. The number of nitrogens with one attached hydrogen (secondary N) is 1. The molecule has 0 aromatic heterocycles. The van der Waals surface area contributed by atoms with Crippen molar-refractivity contribution in [1.29, 1.82) is 0 Å². The van der Waals surface area contributed by atoms with Gasteiger partial charge >= 0.3 is 0 Å². The number of rotatable bonds is 5. The lowest BCUT2D eigenvalue weighted by Crippen LogP contribution is -2.58. The van der Waals surface area contributed by atoms with Gasteiger partial charge in [-0.3, -0.25) is 9.69 Å². The van der Waals surface area contributed by atoms with Crippen LogP contribution in [-0.2, 0) is 4.79 Å². The Kier molecular flexibility index (Phi) is 5.22. The molecule has 2 aliphatic rings. The minimum atomic E-state index is 0.310. The van der Waals surface area contributed by atoms with Gasteiger partial charge in [-0.1, -0.05) is 6.42 Å². The number of carbonyl (C=O) groups excluding carboxylic acids is 1. The summed E-state index contributed by atoms with van der Waals surface area (Å²) in [6.45, 7) is 6.42. The molecule has 0 aromatic carbocycles. The number of hydrogen-bond acceptors (Lipinski definition) is 3. The normalized spacial score (nSPS) is 31.2. The van der Waals surface area contributed by atoms with Crippen LogP contribution in [0.4, 0.5) is 0 Å². The average molecular weight is 267 g/mol. The van der Waals surface area contributed by atoms with Gasteiger partial charge in [0.25, 0.3) is 0 Å². The maximum absolute atomic E-state index is 12.3. The molecule has 19 heavy (non-hydrogen) atoms. The molecule has 2 rings (SSSR count). The summed E-state index contributed by atoms with van der Waals surface area (Å²) in [6.07, 6.45) is 6.28. The number of fused-ring (bicyclic) bond motifs is 2. The number of piperidine rings is 2. The highest BCUT2D eigenvalue weighted by Crippen LogP contribution is 2.33. The van der Waals surface area contributed by atoms with Gasteiger partial charge in [-0.15, -0.1) is 0 Å². The van der Waals surface area contributed by atoms with Gasteiger partial charge in [0.15, 0.2) is 0 Å². The zero-order valence-electron chi connectivity index (χ0n) is 12.7. The highest BCUT2D eigenvalue weighted by atomic mass is 16.2. The van der Waals surface area contributed by atoms with Crippen molar-refractivity contribution in [2.75, 3.05) is 26.7 Å². The van der Waals surface area contributed by atoms with E-state index in [4.69, 9.17) is 0 Å². The van der Waals surface area contributed by atoms with Gasteiger partial charge in [-0.05, 0) is 46.6 Å². The van der Waals surface area contributed by atoms with Gasteiger partial charge < -0.3 is 10.2 Å². The molecule has 2 bridgehead atoms. The first-order chi connectivity index (χ1) is 9.19. The van der Waals surface area contributed by atoms with Crippen LogP contribution < -0.4 is 5.32 Å². The second-order valence-corrected chi connectivity index (χ2v) is 5.93. The van der Waals surface area contributed by atoms with E-state index in [1.165, 1.54) is 32.1 Å². The average Bonchev–Trinajstić information content (AvgIpc) is 2.39. The molecule has 2 fully saturated rings. The number of nitrogens with zero attached hydrogens (tertiary/aromatic N) is 2. The van der Waals surface area contributed by atoms with E-state index < -0.39 is 0 Å². The number of likely N-dealkylation sites (N-methyl/N-ethyl adjacent to an activating group) is 1. The Balaban J connectivity index is 1.98. The van der Waals surface area contributed by atoms with E-state index >= 15 is 0 Å². The van der Waals surface area contributed by atoms with Crippen LogP contribution in [0.25, 0.3) is 0 Å². The lowest BCUT2D eigenvalue weighted by molar-refractivity contribution is -0.135. The molecule has 110 valence electrons. The van der Waals surface area contributed by atoms with Crippen molar-refractivity contribution in [2.45, 2.75) is 64.1 Å². The lowest BCUT2D eigenvalue weighted by atomic mass is 9.82. The minimum absolute atomic E-state index is 0.310. The first-order valence-electron chi connectivity index (χ1n) is 7.90. The predicted molar refractivity (Wildman–Crippen MR) is 78.1 cm³/mol. The van der Waals surface area contributed by atoms with Crippen LogP contribution in [-0.4, -0.2) is 60.5 Å². The summed E-state index contributed by atoms with van der Waals surface area (Å²) in [5.74, 6) is 0.310. The SMILES string of the molecule is CCN(CC)C(=O)CN1C2CCCC1CC(NC)C2. The van der Waals surface area contributed by atoms with Gasteiger partial charge in [0, 0.05) is 31.2 Å². The Labute approximate surface area is 117 Å². The fourth-order valence-electron chi connectivity index (χ4n) is 3.80. The van der Waals surface area contributed by atoms with Gasteiger partial charge in [-0.2, -0.15) is 0 Å². The number of hydrogen-bond donors (Lipinski definition) is 1. The molecule has 2 aliphatic heterocycles. The predicted octanol–water partition coefficient (Wildman–Crippen LogP) is 1.46. The molecular weight excluding hydrogens is 238 g/mol. The Morgan fingerprint density at radius 1 is 1.21 bits per heavy atom. The molecule has 0 radical (unpaired) electrons. The summed E-state index contributed by atoms with van der Waals surface area (Å²) in [5.41, 5.74) is 0. The number of amides is 1. The molecule has 0 aromatic rings. The highest BCUT2D eigenvalue weighted by Gasteiger charge is 2.38. The van der Waals surface area contributed by atoms with Crippen molar-refractivity contribution < 1.29 is 4.79 Å². The van der Waals surface area contributed by atoms with Gasteiger partial charge in [0.1, 0.15) is 0 Å². The third kappa shape index (κ3) is 3.29. The van der Waals surface area contributed by atoms with E-state index in [0.717, 1.165) is 13.1 Å². The topological polar surface area (TPSA) is 35.6 Å². The minimum Gasteiger partial charge on any atom is -0.342 e. The summed E-state index contributed by atoms with van der Waals surface area (Å²) in [6, 6.07) is 1.88. The summed E-state index contributed by atoms with van der Waals surface area (Å²) in [7, 11) is 2.07. The van der Waals surface area contributed by atoms with Crippen LogP contribution in [0.2, 0.25) is 0 Å². The van der Waals surface area contributed by atoms with Crippen molar-refractivity contribution in [3.8, 4) is 0 Å². The molecule has 4 nitrogen and oxygen atoms in total. The monoisotopic (exact) mass is 267 g/mol. The zero-order valence-corrected chi connectivity index (χ0v) is 12.7. The van der Waals surface area contributed by atoms with E-state index in [-0.39, 0.29) is 0 Å². The molecule has 0 aliphatic carbocycles. The van der Waals surface area contributed by atoms with Crippen molar-refractivity contribution in [2.24, 2.45) is 0 Å². The second-order valence-electron chi connectivity index (χ2n) is 5.93. The molecule has 1 N–H and O–H groups in total. The maximum Gasteiger partial charge on any atom is 0.236 e. The molecule has 4 heteroatoms. The maximum atomic E-state index is 12.3. The quantitative estimate of drug-likeness (QED) is 0.819. The zero-order chi connectivity index (χ0) is 13.8. The number of carbonyl (C=O) groups is 1. The van der Waals surface area contributed by atoms with E-state index in [2.05, 4.69) is 31.1 Å². The van der Waals surface area contributed by atoms with Crippen LogP contribution in [0.5, 0.6) is 0 Å². The van der Waals surface area contributed by atoms with Crippen LogP contribution in [0.1, 0.15) is 46.0 Å². The first kappa shape index (κ1) is 14.8. The van der Waals surface area contributed by atoms with Crippen molar-refractivity contribution in [1.82, 2.24) is 15.1 Å². The highest BCUT2D eigenvalue weighted by molar-refractivity contribution is 5.78. The van der Waals surface area contributed by atoms with Crippen LogP contribution >= 0.6 is 0 Å². The van der Waals surface area contributed by atoms with E-state index in [1.807, 2.05) is 4.90 Å². The van der Waals surface area contributed by atoms with Crippen molar-refractivity contribution in [3.63, 3.8) is 0 Å².